The van der Waals surface area contributed by atoms with Crippen LogP contribution >= 0.6 is 0 Å². The lowest BCUT2D eigenvalue weighted by molar-refractivity contribution is -0.164. The summed E-state index contributed by atoms with van der Waals surface area (Å²) in [5.41, 5.74) is -0.0634. The van der Waals surface area contributed by atoms with Gasteiger partial charge in [-0.05, 0) is 33.3 Å². The molecule has 19 heavy (non-hydrogen) atoms. The third kappa shape index (κ3) is 4.73. The Labute approximate surface area is 113 Å². The molecule has 1 rings (SSSR count). The van der Waals surface area contributed by atoms with Gasteiger partial charge in [-0.1, -0.05) is 30.3 Å². The Kier molecular flexibility index (Phi) is 5.10. The van der Waals surface area contributed by atoms with Crippen LogP contribution in [0.1, 0.15) is 39.2 Å². The van der Waals surface area contributed by atoms with Crippen LogP contribution in [-0.2, 0) is 19.1 Å². The lowest BCUT2D eigenvalue weighted by Crippen LogP contribution is -2.32. The minimum atomic E-state index is -1.03. The Morgan fingerprint density at radius 2 is 1.68 bits per heavy atom. The highest BCUT2D eigenvalue weighted by atomic mass is 16.6. The van der Waals surface area contributed by atoms with Crippen molar-refractivity contribution in [2.75, 3.05) is 6.61 Å². The van der Waals surface area contributed by atoms with Crippen LogP contribution in [0.2, 0.25) is 0 Å². The largest absolute Gasteiger partial charge is 0.465 e. The molecule has 1 aromatic carbocycles. The van der Waals surface area contributed by atoms with Crippen molar-refractivity contribution in [2.45, 2.75) is 39.2 Å². The maximum absolute atomic E-state index is 12.2. The van der Waals surface area contributed by atoms with E-state index < -0.39 is 23.5 Å². The average molecular weight is 264 g/mol. The van der Waals surface area contributed by atoms with Crippen LogP contribution < -0.4 is 0 Å². The second kappa shape index (κ2) is 6.36. The monoisotopic (exact) mass is 264 g/mol. The van der Waals surface area contributed by atoms with Gasteiger partial charge in [0.05, 0.1) is 6.61 Å². The Morgan fingerprint density at radius 1 is 1.11 bits per heavy atom. The summed E-state index contributed by atoms with van der Waals surface area (Å²) in [5.74, 6) is -2.19. The van der Waals surface area contributed by atoms with Gasteiger partial charge in [-0.15, -0.1) is 0 Å². The van der Waals surface area contributed by atoms with Crippen molar-refractivity contribution < 1.29 is 19.1 Å². The molecule has 0 heterocycles. The van der Waals surface area contributed by atoms with Crippen LogP contribution in [0.25, 0.3) is 0 Å². The fraction of sp³-hybridized carbons (Fsp3) is 0.467. The van der Waals surface area contributed by atoms with Crippen LogP contribution in [-0.4, -0.2) is 24.1 Å². The van der Waals surface area contributed by atoms with E-state index in [2.05, 4.69) is 0 Å². The van der Waals surface area contributed by atoms with Crippen LogP contribution in [0, 0.1) is 0 Å². The molecule has 0 saturated carbocycles. The summed E-state index contributed by atoms with van der Waals surface area (Å²) >= 11 is 0. The van der Waals surface area contributed by atoms with Crippen molar-refractivity contribution in [3.63, 3.8) is 0 Å². The SMILES string of the molecule is CCOC(=O)C(C(=O)OC(C)(C)C)c1ccccc1. The predicted molar refractivity (Wildman–Crippen MR) is 71.7 cm³/mol. The van der Waals surface area contributed by atoms with Crippen molar-refractivity contribution in [3.8, 4) is 0 Å². The fourth-order valence-corrected chi connectivity index (χ4v) is 1.60. The van der Waals surface area contributed by atoms with Crippen molar-refractivity contribution in [1.29, 1.82) is 0 Å². The number of carbonyl (C=O) groups is 2. The number of ether oxygens (including phenoxy) is 2. The Morgan fingerprint density at radius 3 is 2.16 bits per heavy atom. The first-order valence-electron chi connectivity index (χ1n) is 6.29. The van der Waals surface area contributed by atoms with E-state index >= 15 is 0 Å². The summed E-state index contributed by atoms with van der Waals surface area (Å²) in [4.78, 5) is 24.1. The smallest absolute Gasteiger partial charge is 0.325 e. The van der Waals surface area contributed by atoms with E-state index in [1.54, 1.807) is 52.0 Å². The average Bonchev–Trinajstić information content (AvgIpc) is 2.28. The maximum Gasteiger partial charge on any atom is 0.325 e. The molecule has 4 nitrogen and oxygen atoms in total. The van der Waals surface area contributed by atoms with Gasteiger partial charge in [0.15, 0.2) is 5.92 Å². The zero-order chi connectivity index (χ0) is 14.5. The summed E-state index contributed by atoms with van der Waals surface area (Å²) in [5, 5.41) is 0. The van der Waals surface area contributed by atoms with E-state index in [0.717, 1.165) is 0 Å². The number of benzene rings is 1. The molecule has 0 N–H and O–H groups in total. The molecule has 1 atom stereocenters. The van der Waals surface area contributed by atoms with Crippen LogP contribution in [0.3, 0.4) is 0 Å². The molecule has 0 spiro atoms. The van der Waals surface area contributed by atoms with Crippen LogP contribution in [0.4, 0.5) is 0 Å². The van der Waals surface area contributed by atoms with Crippen molar-refractivity contribution >= 4 is 11.9 Å². The van der Waals surface area contributed by atoms with E-state index in [1.165, 1.54) is 0 Å². The Hall–Kier alpha value is -1.84. The molecule has 1 aromatic rings. The van der Waals surface area contributed by atoms with Crippen molar-refractivity contribution in [1.82, 2.24) is 0 Å². The second-order valence-corrected chi connectivity index (χ2v) is 5.13. The summed E-state index contributed by atoms with van der Waals surface area (Å²) in [6.45, 7) is 7.22. The lowest BCUT2D eigenvalue weighted by atomic mass is 9.99. The molecule has 0 aromatic heterocycles. The molecule has 0 amide bonds. The summed E-state index contributed by atoms with van der Waals surface area (Å²) in [6.07, 6.45) is 0. The van der Waals surface area contributed by atoms with Gasteiger partial charge in [0.1, 0.15) is 5.60 Å². The first-order chi connectivity index (χ1) is 8.85. The molecule has 0 saturated heterocycles. The zero-order valence-corrected chi connectivity index (χ0v) is 11.8. The van der Waals surface area contributed by atoms with Gasteiger partial charge in [-0.3, -0.25) is 9.59 Å². The standard InChI is InChI=1S/C15H20O4/c1-5-18-13(16)12(11-9-7-6-8-10-11)14(17)19-15(2,3)4/h6-10,12H,5H2,1-4H3. The molecule has 0 fully saturated rings. The Bertz CT molecular complexity index is 431. The first kappa shape index (κ1) is 15.2. The topological polar surface area (TPSA) is 52.6 Å². The molecule has 0 aliphatic carbocycles. The summed E-state index contributed by atoms with van der Waals surface area (Å²) in [7, 11) is 0. The second-order valence-electron chi connectivity index (χ2n) is 5.13. The number of hydrogen-bond acceptors (Lipinski definition) is 4. The molecule has 0 radical (unpaired) electrons. The molecular formula is C15H20O4. The number of esters is 2. The van der Waals surface area contributed by atoms with E-state index in [1.807, 2.05) is 6.07 Å². The van der Waals surface area contributed by atoms with Gasteiger partial charge in [-0.25, -0.2) is 0 Å². The molecule has 0 aliphatic heterocycles. The molecule has 1 unspecified atom stereocenters. The third-order valence-corrected chi connectivity index (χ3v) is 2.30. The molecule has 104 valence electrons. The van der Waals surface area contributed by atoms with Gasteiger partial charge < -0.3 is 9.47 Å². The van der Waals surface area contributed by atoms with E-state index in [9.17, 15) is 9.59 Å². The summed E-state index contributed by atoms with van der Waals surface area (Å²) in [6, 6.07) is 8.79. The highest BCUT2D eigenvalue weighted by Gasteiger charge is 2.33. The highest BCUT2D eigenvalue weighted by molar-refractivity contribution is 6.00. The molecular weight excluding hydrogens is 244 g/mol. The van der Waals surface area contributed by atoms with Crippen LogP contribution in [0.15, 0.2) is 30.3 Å². The van der Waals surface area contributed by atoms with E-state index in [4.69, 9.17) is 9.47 Å². The van der Waals surface area contributed by atoms with E-state index in [0.29, 0.717) is 5.56 Å². The first-order valence-corrected chi connectivity index (χ1v) is 6.29. The molecule has 0 aliphatic rings. The van der Waals surface area contributed by atoms with Gasteiger partial charge in [-0.2, -0.15) is 0 Å². The zero-order valence-electron chi connectivity index (χ0n) is 11.8. The third-order valence-electron chi connectivity index (χ3n) is 2.30. The van der Waals surface area contributed by atoms with Crippen LogP contribution in [0.5, 0.6) is 0 Å². The fourth-order valence-electron chi connectivity index (χ4n) is 1.60. The van der Waals surface area contributed by atoms with Gasteiger partial charge in [0, 0.05) is 0 Å². The maximum atomic E-state index is 12.2. The number of carbonyl (C=O) groups excluding carboxylic acids is 2. The van der Waals surface area contributed by atoms with Gasteiger partial charge >= 0.3 is 11.9 Å². The highest BCUT2D eigenvalue weighted by Crippen LogP contribution is 2.22. The minimum Gasteiger partial charge on any atom is -0.465 e. The van der Waals surface area contributed by atoms with Crippen molar-refractivity contribution in [2.24, 2.45) is 0 Å². The normalized spacial score (nSPS) is 12.6. The van der Waals surface area contributed by atoms with Crippen molar-refractivity contribution in [3.05, 3.63) is 35.9 Å². The van der Waals surface area contributed by atoms with E-state index in [-0.39, 0.29) is 6.61 Å². The van der Waals surface area contributed by atoms with Gasteiger partial charge in [0.25, 0.3) is 0 Å². The number of rotatable bonds is 4. The molecule has 0 bridgehead atoms. The minimum absolute atomic E-state index is 0.227. The lowest BCUT2D eigenvalue weighted by Gasteiger charge is -2.23. The predicted octanol–water partition coefficient (Wildman–Crippen LogP) is 2.68. The Balaban J connectivity index is 3.00. The summed E-state index contributed by atoms with van der Waals surface area (Å²) < 4.78 is 10.2. The quantitative estimate of drug-likeness (QED) is 0.619. The number of hydrogen-bond donors (Lipinski definition) is 0. The van der Waals surface area contributed by atoms with Gasteiger partial charge in [0.2, 0.25) is 0 Å². The molecule has 4 heteroatoms.